The molecule has 3 aromatic carbocycles. The minimum atomic E-state index is -0.507. The fourth-order valence-electron chi connectivity index (χ4n) is 5.04. The van der Waals surface area contributed by atoms with Crippen molar-refractivity contribution in [3.05, 3.63) is 105 Å². The summed E-state index contributed by atoms with van der Waals surface area (Å²) in [5.41, 5.74) is 4.97. The third-order valence-corrected chi connectivity index (χ3v) is 8.19. The second kappa shape index (κ2) is 17.9. The van der Waals surface area contributed by atoms with Gasteiger partial charge < -0.3 is 34.9 Å². The number of carbonyl (C=O) groups is 3. The van der Waals surface area contributed by atoms with Crippen molar-refractivity contribution in [3.8, 4) is 22.6 Å². The number of aromatic nitrogens is 1. The Morgan fingerprint density at radius 1 is 0.820 bits per heavy atom. The molecule has 0 aliphatic heterocycles. The van der Waals surface area contributed by atoms with Crippen LogP contribution in [0, 0.1) is 6.92 Å². The Hall–Kier alpha value is -5.30. The van der Waals surface area contributed by atoms with E-state index in [2.05, 4.69) is 30.4 Å². The molecule has 0 spiro atoms. The quantitative estimate of drug-likeness (QED) is 0.100. The lowest BCUT2D eigenvalue weighted by Crippen LogP contribution is -2.24. The molecular weight excluding hydrogens is 667 g/mol. The Labute approximate surface area is 294 Å². The third-order valence-electron chi connectivity index (χ3n) is 7.78. The molecule has 3 N–H and O–H groups in total. The van der Waals surface area contributed by atoms with Gasteiger partial charge in [-0.05, 0) is 41.8 Å². The van der Waals surface area contributed by atoms with E-state index >= 15 is 4.39 Å². The number of methoxy groups -OCH3 is 4. The first kappa shape index (κ1) is 37.5. The van der Waals surface area contributed by atoms with Crippen LogP contribution < -0.4 is 25.4 Å². The van der Waals surface area contributed by atoms with Crippen molar-refractivity contribution >= 4 is 47.0 Å². The maximum atomic E-state index is 15.6. The molecule has 0 bridgehead atoms. The van der Waals surface area contributed by atoms with Gasteiger partial charge in [-0.3, -0.25) is 19.4 Å². The number of rotatable bonds is 15. The van der Waals surface area contributed by atoms with E-state index in [9.17, 15) is 14.4 Å². The van der Waals surface area contributed by atoms with Crippen molar-refractivity contribution in [2.45, 2.75) is 20.0 Å². The van der Waals surface area contributed by atoms with E-state index in [0.717, 1.165) is 16.7 Å². The fourth-order valence-corrected chi connectivity index (χ4v) is 5.31. The molecule has 13 heteroatoms. The summed E-state index contributed by atoms with van der Waals surface area (Å²) in [4.78, 5) is 40.3. The summed E-state index contributed by atoms with van der Waals surface area (Å²) in [6.07, 6.45) is 2.93. The first-order chi connectivity index (χ1) is 24.1. The molecule has 1 heterocycles. The van der Waals surface area contributed by atoms with Crippen LogP contribution in [-0.2, 0) is 32.2 Å². The molecule has 4 rings (SSSR count). The molecule has 0 aliphatic rings. The Bertz CT molecular complexity index is 1900. The van der Waals surface area contributed by atoms with E-state index in [1.165, 1.54) is 46.8 Å². The Morgan fingerprint density at radius 2 is 1.44 bits per heavy atom. The van der Waals surface area contributed by atoms with E-state index in [1.807, 2.05) is 19.1 Å². The van der Waals surface area contributed by atoms with Crippen LogP contribution in [0.4, 0.5) is 10.1 Å². The number of halogens is 2. The van der Waals surface area contributed by atoms with Gasteiger partial charge >= 0.3 is 11.9 Å². The van der Waals surface area contributed by atoms with Gasteiger partial charge in [0.05, 0.1) is 52.2 Å². The number of nitrogens with one attached hydrogen (secondary N) is 3. The number of amides is 1. The Kier molecular flexibility index (Phi) is 13.4. The van der Waals surface area contributed by atoms with Crippen LogP contribution in [0.3, 0.4) is 0 Å². The number of ether oxygens (including phenoxy) is 4. The number of hydrogen-bond acceptors (Lipinski definition) is 10. The largest absolute Gasteiger partial charge is 0.496 e. The van der Waals surface area contributed by atoms with Gasteiger partial charge in [0.2, 0.25) is 0 Å². The molecule has 0 radical (unpaired) electrons. The summed E-state index contributed by atoms with van der Waals surface area (Å²) >= 11 is 6.85. The predicted molar refractivity (Wildman–Crippen MR) is 190 cm³/mol. The minimum Gasteiger partial charge on any atom is -0.496 e. The number of pyridine rings is 1. The van der Waals surface area contributed by atoms with Crippen LogP contribution >= 0.6 is 11.6 Å². The van der Waals surface area contributed by atoms with E-state index in [4.69, 9.17) is 21.1 Å². The molecule has 262 valence electrons. The molecule has 0 fully saturated rings. The van der Waals surface area contributed by atoms with E-state index in [1.54, 1.807) is 42.5 Å². The standard InChI is InChI=1S/C37H38ClFN4O7/c1-22-23(14-29(39)24-12-13-25(32(15-24)47-2)17-40-20-34(44)49-4)8-6-9-27(22)28-10-7-11-30(36(28)38)43-37(46)31-16-33(48-3)26(19-42-31)18-41-21-35(45)50-5/h6-16,19,40-41H,17-18,20-21H2,1-5H3,(H,43,46)/b29-14-. The van der Waals surface area contributed by atoms with Crippen molar-refractivity contribution in [2.75, 3.05) is 46.8 Å². The van der Waals surface area contributed by atoms with Crippen LogP contribution in [-0.4, -0.2) is 64.4 Å². The molecule has 0 aliphatic carbocycles. The van der Waals surface area contributed by atoms with Gasteiger partial charge in [-0.2, -0.15) is 0 Å². The van der Waals surface area contributed by atoms with Gasteiger partial charge in [0.1, 0.15) is 23.0 Å². The molecular formula is C37H38ClFN4O7. The number of carbonyl (C=O) groups excluding carboxylic acids is 3. The fraction of sp³-hybridized carbons (Fsp3) is 0.243. The number of anilines is 1. The summed E-state index contributed by atoms with van der Waals surface area (Å²) in [5.74, 6) is -0.905. The molecule has 0 unspecified atom stereocenters. The second-order valence-corrected chi connectivity index (χ2v) is 11.3. The molecule has 4 aromatic rings. The smallest absolute Gasteiger partial charge is 0.319 e. The van der Waals surface area contributed by atoms with Gasteiger partial charge in [0.25, 0.3) is 5.91 Å². The summed E-state index contributed by atoms with van der Waals surface area (Å²) < 4.78 is 35.8. The number of esters is 2. The van der Waals surface area contributed by atoms with Crippen molar-refractivity contribution in [1.29, 1.82) is 0 Å². The zero-order valence-electron chi connectivity index (χ0n) is 28.3. The van der Waals surface area contributed by atoms with E-state index in [0.29, 0.717) is 51.0 Å². The second-order valence-electron chi connectivity index (χ2n) is 10.9. The highest BCUT2D eigenvalue weighted by molar-refractivity contribution is 6.36. The summed E-state index contributed by atoms with van der Waals surface area (Å²) in [6, 6.07) is 17.2. The van der Waals surface area contributed by atoms with Gasteiger partial charge in [0.15, 0.2) is 0 Å². The molecule has 11 nitrogen and oxygen atoms in total. The maximum Gasteiger partial charge on any atom is 0.319 e. The van der Waals surface area contributed by atoms with Crippen LogP contribution in [0.2, 0.25) is 5.02 Å². The first-order valence-electron chi connectivity index (χ1n) is 15.4. The predicted octanol–water partition coefficient (Wildman–Crippen LogP) is 5.97. The lowest BCUT2D eigenvalue weighted by molar-refractivity contribution is -0.140. The van der Waals surface area contributed by atoms with Crippen molar-refractivity contribution < 1.29 is 37.7 Å². The Balaban J connectivity index is 1.53. The summed E-state index contributed by atoms with van der Waals surface area (Å²) in [5, 5.41) is 9.02. The van der Waals surface area contributed by atoms with Crippen molar-refractivity contribution in [1.82, 2.24) is 15.6 Å². The first-order valence-corrected chi connectivity index (χ1v) is 15.8. The normalized spacial score (nSPS) is 11.1. The monoisotopic (exact) mass is 704 g/mol. The highest BCUT2D eigenvalue weighted by atomic mass is 35.5. The maximum absolute atomic E-state index is 15.6. The average Bonchev–Trinajstić information content (AvgIpc) is 3.13. The molecule has 0 atom stereocenters. The Morgan fingerprint density at radius 3 is 2.10 bits per heavy atom. The summed E-state index contributed by atoms with van der Waals surface area (Å²) in [7, 11) is 5.59. The average molecular weight is 705 g/mol. The van der Waals surface area contributed by atoms with Crippen molar-refractivity contribution in [3.63, 3.8) is 0 Å². The highest BCUT2D eigenvalue weighted by Gasteiger charge is 2.17. The number of nitrogens with zero attached hydrogens (tertiary/aromatic N) is 1. The molecule has 1 amide bonds. The number of hydrogen-bond donors (Lipinski definition) is 3. The van der Waals surface area contributed by atoms with Gasteiger partial charge in [0, 0.05) is 47.6 Å². The molecule has 1 aromatic heterocycles. The van der Waals surface area contributed by atoms with Gasteiger partial charge in [-0.25, -0.2) is 4.39 Å². The van der Waals surface area contributed by atoms with Crippen LogP contribution in [0.1, 0.15) is 38.3 Å². The van der Waals surface area contributed by atoms with Crippen molar-refractivity contribution in [2.24, 2.45) is 0 Å². The zero-order valence-corrected chi connectivity index (χ0v) is 29.1. The highest BCUT2D eigenvalue weighted by Crippen LogP contribution is 2.37. The minimum absolute atomic E-state index is 0.00725. The van der Waals surface area contributed by atoms with E-state index in [-0.39, 0.29) is 25.3 Å². The molecule has 0 saturated carbocycles. The van der Waals surface area contributed by atoms with Crippen LogP contribution in [0.25, 0.3) is 23.0 Å². The molecule has 50 heavy (non-hydrogen) atoms. The zero-order chi connectivity index (χ0) is 36.2. The van der Waals surface area contributed by atoms with Crippen LogP contribution in [0.5, 0.6) is 11.5 Å². The molecule has 0 saturated heterocycles. The van der Waals surface area contributed by atoms with E-state index < -0.39 is 23.7 Å². The van der Waals surface area contributed by atoms with Gasteiger partial charge in [-0.15, -0.1) is 0 Å². The number of benzene rings is 3. The topological polar surface area (TPSA) is 137 Å². The lowest BCUT2D eigenvalue weighted by atomic mass is 9.95. The van der Waals surface area contributed by atoms with Crippen LogP contribution in [0.15, 0.2) is 66.9 Å². The lowest BCUT2D eigenvalue weighted by Gasteiger charge is -2.15. The van der Waals surface area contributed by atoms with Gasteiger partial charge in [-0.1, -0.05) is 54.1 Å². The summed E-state index contributed by atoms with van der Waals surface area (Å²) in [6.45, 7) is 2.51. The third kappa shape index (κ3) is 9.44. The SMILES string of the molecule is COC(=O)CNCc1ccc(/C(F)=C/c2cccc(-c3cccc(NC(=O)c4cc(OC)c(CNCC(=O)OC)cn4)c3Cl)c2C)cc1OC.